The zero-order valence-corrected chi connectivity index (χ0v) is 10.8. The van der Waals surface area contributed by atoms with E-state index in [1.54, 1.807) is 6.07 Å². The van der Waals surface area contributed by atoms with Crippen LogP contribution >= 0.6 is 0 Å². The third-order valence-corrected chi connectivity index (χ3v) is 3.93. The normalized spacial score (nSPS) is 24.0. The van der Waals surface area contributed by atoms with E-state index in [0.29, 0.717) is 23.9 Å². The van der Waals surface area contributed by atoms with Crippen molar-refractivity contribution in [1.82, 2.24) is 0 Å². The SMILES string of the molecule is CC1CCN(c2ccccc2C(N)=O)CC1CN. The van der Waals surface area contributed by atoms with E-state index >= 15 is 0 Å². The molecule has 1 aliphatic rings. The first kappa shape index (κ1) is 12.9. The molecule has 4 nitrogen and oxygen atoms in total. The van der Waals surface area contributed by atoms with Gasteiger partial charge in [0.1, 0.15) is 0 Å². The maximum absolute atomic E-state index is 11.5. The average Bonchev–Trinajstić information content (AvgIpc) is 2.39. The lowest BCUT2D eigenvalue weighted by molar-refractivity contribution is 0.100. The van der Waals surface area contributed by atoms with E-state index in [2.05, 4.69) is 11.8 Å². The van der Waals surface area contributed by atoms with Gasteiger partial charge in [0.15, 0.2) is 0 Å². The van der Waals surface area contributed by atoms with Gasteiger partial charge in [-0.1, -0.05) is 19.1 Å². The molecule has 4 heteroatoms. The molecule has 1 fully saturated rings. The van der Waals surface area contributed by atoms with Crippen LogP contribution in [0.1, 0.15) is 23.7 Å². The number of para-hydroxylation sites is 1. The standard InChI is InChI=1S/C14H21N3O/c1-10-6-7-17(9-11(10)8-15)13-5-3-2-4-12(13)14(16)18/h2-5,10-11H,6-9,15H2,1H3,(H2,16,18). The highest BCUT2D eigenvalue weighted by atomic mass is 16.1. The van der Waals surface area contributed by atoms with Gasteiger partial charge >= 0.3 is 0 Å². The van der Waals surface area contributed by atoms with Crippen molar-refractivity contribution in [3.05, 3.63) is 29.8 Å². The lowest BCUT2D eigenvalue weighted by Gasteiger charge is -2.38. The van der Waals surface area contributed by atoms with Crippen LogP contribution in [0.4, 0.5) is 5.69 Å². The summed E-state index contributed by atoms with van der Waals surface area (Å²) in [5.74, 6) is 0.764. The van der Waals surface area contributed by atoms with Crippen molar-refractivity contribution in [3.8, 4) is 0 Å². The first-order chi connectivity index (χ1) is 8.63. The predicted octanol–water partition coefficient (Wildman–Crippen LogP) is 1.21. The molecule has 1 aromatic carbocycles. The van der Waals surface area contributed by atoms with E-state index in [1.165, 1.54) is 0 Å². The summed E-state index contributed by atoms with van der Waals surface area (Å²) in [4.78, 5) is 13.7. The number of benzene rings is 1. The number of primary amides is 1. The van der Waals surface area contributed by atoms with Crippen LogP contribution in [-0.4, -0.2) is 25.5 Å². The molecule has 0 spiro atoms. The number of nitrogens with zero attached hydrogens (tertiary/aromatic N) is 1. The van der Waals surface area contributed by atoms with E-state index < -0.39 is 0 Å². The molecular formula is C14H21N3O. The number of hydrogen-bond donors (Lipinski definition) is 2. The quantitative estimate of drug-likeness (QED) is 0.843. The molecule has 0 radical (unpaired) electrons. The first-order valence-electron chi connectivity index (χ1n) is 6.47. The second kappa shape index (κ2) is 5.40. The fourth-order valence-corrected chi connectivity index (χ4v) is 2.63. The van der Waals surface area contributed by atoms with Gasteiger partial charge in [-0.2, -0.15) is 0 Å². The van der Waals surface area contributed by atoms with Crippen LogP contribution in [0.2, 0.25) is 0 Å². The van der Waals surface area contributed by atoms with Gasteiger partial charge < -0.3 is 16.4 Å². The predicted molar refractivity (Wildman–Crippen MR) is 73.5 cm³/mol. The molecule has 4 N–H and O–H groups in total. The van der Waals surface area contributed by atoms with Crippen molar-refractivity contribution >= 4 is 11.6 Å². The van der Waals surface area contributed by atoms with Crippen LogP contribution in [0.5, 0.6) is 0 Å². The van der Waals surface area contributed by atoms with Gasteiger partial charge in [-0.25, -0.2) is 0 Å². The Morgan fingerprint density at radius 3 is 2.83 bits per heavy atom. The van der Waals surface area contributed by atoms with Crippen molar-refractivity contribution in [3.63, 3.8) is 0 Å². The zero-order chi connectivity index (χ0) is 13.1. The summed E-state index contributed by atoms with van der Waals surface area (Å²) in [6.45, 7) is 4.80. The van der Waals surface area contributed by atoms with Gasteiger partial charge in [-0.15, -0.1) is 0 Å². The summed E-state index contributed by atoms with van der Waals surface area (Å²) < 4.78 is 0. The van der Waals surface area contributed by atoms with Crippen LogP contribution in [-0.2, 0) is 0 Å². The Bertz CT molecular complexity index is 433. The Labute approximate surface area is 108 Å². The monoisotopic (exact) mass is 247 g/mol. The summed E-state index contributed by atoms with van der Waals surface area (Å²) in [5.41, 5.74) is 12.8. The van der Waals surface area contributed by atoms with E-state index in [4.69, 9.17) is 11.5 Å². The molecular weight excluding hydrogens is 226 g/mol. The lowest BCUT2D eigenvalue weighted by atomic mass is 9.86. The molecule has 1 aromatic rings. The number of amides is 1. The molecule has 2 unspecified atom stereocenters. The maximum atomic E-state index is 11.5. The minimum absolute atomic E-state index is 0.367. The van der Waals surface area contributed by atoms with Crippen molar-refractivity contribution < 1.29 is 4.79 Å². The number of anilines is 1. The number of carbonyl (C=O) groups is 1. The number of nitrogens with two attached hydrogens (primary N) is 2. The second-order valence-electron chi connectivity index (χ2n) is 5.09. The third kappa shape index (κ3) is 2.48. The van der Waals surface area contributed by atoms with Crippen molar-refractivity contribution in [1.29, 1.82) is 0 Å². The fourth-order valence-electron chi connectivity index (χ4n) is 2.63. The molecule has 2 rings (SSSR count). The smallest absolute Gasteiger partial charge is 0.250 e. The summed E-state index contributed by atoms with van der Waals surface area (Å²) >= 11 is 0. The van der Waals surface area contributed by atoms with Crippen molar-refractivity contribution in [2.24, 2.45) is 23.3 Å². The lowest BCUT2D eigenvalue weighted by Crippen LogP contribution is -2.43. The summed E-state index contributed by atoms with van der Waals surface area (Å²) in [5, 5.41) is 0. The van der Waals surface area contributed by atoms with Crippen molar-refractivity contribution in [2.75, 3.05) is 24.5 Å². The topological polar surface area (TPSA) is 72.3 Å². The fraction of sp³-hybridized carbons (Fsp3) is 0.500. The zero-order valence-electron chi connectivity index (χ0n) is 10.8. The molecule has 1 amide bonds. The van der Waals surface area contributed by atoms with Gasteiger partial charge in [-0.05, 0) is 36.9 Å². The minimum Gasteiger partial charge on any atom is -0.371 e. The number of piperidine rings is 1. The molecule has 0 aliphatic carbocycles. The molecule has 98 valence electrons. The molecule has 0 aromatic heterocycles. The Morgan fingerprint density at radius 1 is 1.44 bits per heavy atom. The van der Waals surface area contributed by atoms with Crippen LogP contribution in [0.25, 0.3) is 0 Å². The Morgan fingerprint density at radius 2 is 2.17 bits per heavy atom. The highest BCUT2D eigenvalue weighted by Gasteiger charge is 2.26. The Kier molecular flexibility index (Phi) is 3.87. The van der Waals surface area contributed by atoms with Crippen LogP contribution in [0.15, 0.2) is 24.3 Å². The van der Waals surface area contributed by atoms with E-state index in [-0.39, 0.29) is 5.91 Å². The average molecular weight is 247 g/mol. The highest BCUT2D eigenvalue weighted by molar-refractivity contribution is 5.98. The first-order valence-corrected chi connectivity index (χ1v) is 6.47. The van der Waals surface area contributed by atoms with Gasteiger partial charge in [0.25, 0.3) is 5.91 Å². The largest absolute Gasteiger partial charge is 0.371 e. The minimum atomic E-state index is -0.367. The molecule has 1 aliphatic heterocycles. The number of hydrogen-bond acceptors (Lipinski definition) is 3. The Hall–Kier alpha value is -1.55. The van der Waals surface area contributed by atoms with Crippen molar-refractivity contribution in [2.45, 2.75) is 13.3 Å². The summed E-state index contributed by atoms with van der Waals surface area (Å²) in [7, 11) is 0. The van der Waals surface area contributed by atoms with Gasteiger partial charge in [0, 0.05) is 18.8 Å². The molecule has 0 bridgehead atoms. The second-order valence-corrected chi connectivity index (χ2v) is 5.09. The Balaban J connectivity index is 2.24. The molecule has 18 heavy (non-hydrogen) atoms. The molecule has 1 heterocycles. The number of carbonyl (C=O) groups excluding carboxylic acids is 1. The highest BCUT2D eigenvalue weighted by Crippen LogP contribution is 2.28. The summed E-state index contributed by atoms with van der Waals surface area (Å²) in [6.07, 6.45) is 1.11. The van der Waals surface area contributed by atoms with Gasteiger partial charge in [0.2, 0.25) is 0 Å². The van der Waals surface area contributed by atoms with Crippen LogP contribution < -0.4 is 16.4 Å². The van der Waals surface area contributed by atoms with E-state index in [1.807, 2.05) is 18.2 Å². The van der Waals surface area contributed by atoms with E-state index in [0.717, 1.165) is 25.2 Å². The van der Waals surface area contributed by atoms with Crippen LogP contribution in [0.3, 0.4) is 0 Å². The van der Waals surface area contributed by atoms with E-state index in [9.17, 15) is 4.79 Å². The summed E-state index contributed by atoms with van der Waals surface area (Å²) in [6, 6.07) is 7.53. The van der Waals surface area contributed by atoms with Crippen LogP contribution in [0, 0.1) is 11.8 Å². The molecule has 2 atom stereocenters. The van der Waals surface area contributed by atoms with Gasteiger partial charge in [0.05, 0.1) is 5.56 Å². The maximum Gasteiger partial charge on any atom is 0.250 e. The number of rotatable bonds is 3. The molecule has 1 saturated heterocycles. The molecule has 0 saturated carbocycles. The third-order valence-electron chi connectivity index (χ3n) is 3.93. The van der Waals surface area contributed by atoms with Gasteiger partial charge in [-0.3, -0.25) is 4.79 Å².